The van der Waals surface area contributed by atoms with E-state index in [1.807, 2.05) is 42.5 Å². The van der Waals surface area contributed by atoms with Crippen molar-refractivity contribution in [2.45, 2.75) is 32.4 Å². The van der Waals surface area contributed by atoms with Gasteiger partial charge < -0.3 is 19.5 Å². The van der Waals surface area contributed by atoms with Crippen molar-refractivity contribution in [3.05, 3.63) is 65.7 Å². The number of amides is 1. The largest absolute Gasteiger partial charge is 0.497 e. The van der Waals surface area contributed by atoms with Crippen LogP contribution in [-0.2, 0) is 32.1 Å². The monoisotopic (exact) mass is 413 g/mol. The van der Waals surface area contributed by atoms with Crippen LogP contribution >= 0.6 is 0 Å². The number of benzene rings is 2. The normalized spacial score (nSPS) is 12.4. The number of carbonyl (C=O) groups is 3. The second-order valence-corrected chi connectivity index (χ2v) is 6.87. The molecule has 1 N–H and O–H groups in total. The third kappa shape index (κ3) is 7.24. The first kappa shape index (κ1) is 22.9. The Labute approximate surface area is 176 Å². The highest BCUT2D eigenvalue weighted by molar-refractivity contribution is 5.90. The zero-order chi connectivity index (χ0) is 21.9. The molecule has 0 aromatic heterocycles. The summed E-state index contributed by atoms with van der Waals surface area (Å²) in [5, 5.41) is 2.51. The number of ketones is 1. The van der Waals surface area contributed by atoms with Crippen molar-refractivity contribution in [1.82, 2.24) is 5.32 Å². The van der Waals surface area contributed by atoms with Crippen LogP contribution in [0.3, 0.4) is 0 Å². The molecule has 0 spiro atoms. The summed E-state index contributed by atoms with van der Waals surface area (Å²) < 4.78 is 15.1. The summed E-state index contributed by atoms with van der Waals surface area (Å²) >= 11 is 0. The molecule has 0 fully saturated rings. The van der Waals surface area contributed by atoms with Crippen LogP contribution in [0.15, 0.2) is 54.6 Å². The Kier molecular flexibility index (Phi) is 8.87. The first-order chi connectivity index (χ1) is 14.4. The maximum Gasteiger partial charge on any atom is 0.408 e. The lowest BCUT2D eigenvalue weighted by Gasteiger charge is -2.18. The highest BCUT2D eigenvalue weighted by atomic mass is 16.5. The van der Waals surface area contributed by atoms with Gasteiger partial charge in [0.25, 0.3) is 0 Å². The fourth-order valence-electron chi connectivity index (χ4n) is 2.89. The number of methoxy groups -OCH3 is 2. The molecule has 7 nitrogen and oxygen atoms in total. The van der Waals surface area contributed by atoms with Crippen molar-refractivity contribution in [2.75, 3.05) is 14.2 Å². The summed E-state index contributed by atoms with van der Waals surface area (Å²) in [7, 11) is 2.86. The van der Waals surface area contributed by atoms with Gasteiger partial charge in [-0.25, -0.2) is 4.79 Å². The molecule has 2 aromatic rings. The predicted molar refractivity (Wildman–Crippen MR) is 111 cm³/mol. The van der Waals surface area contributed by atoms with Gasteiger partial charge in [-0.05, 0) is 36.6 Å². The predicted octanol–water partition coefficient (Wildman–Crippen LogP) is 3.30. The van der Waals surface area contributed by atoms with Crippen LogP contribution < -0.4 is 10.1 Å². The Hall–Kier alpha value is -3.35. The molecule has 0 bridgehead atoms. The van der Waals surface area contributed by atoms with Gasteiger partial charge >= 0.3 is 12.1 Å². The molecule has 30 heavy (non-hydrogen) atoms. The second-order valence-electron chi connectivity index (χ2n) is 6.87. The lowest BCUT2D eigenvalue weighted by Crippen LogP contribution is -2.40. The van der Waals surface area contributed by atoms with Gasteiger partial charge in [0, 0.05) is 6.42 Å². The zero-order valence-electron chi connectivity index (χ0n) is 17.4. The van der Waals surface area contributed by atoms with E-state index in [0.29, 0.717) is 12.2 Å². The van der Waals surface area contributed by atoms with E-state index in [1.54, 1.807) is 26.2 Å². The Balaban J connectivity index is 1.89. The quantitative estimate of drug-likeness (QED) is 0.601. The van der Waals surface area contributed by atoms with E-state index < -0.39 is 24.0 Å². The number of nitrogens with one attached hydrogen (secondary N) is 1. The fraction of sp³-hybridized carbons (Fsp3) is 0.348. The van der Waals surface area contributed by atoms with E-state index in [1.165, 1.54) is 7.11 Å². The topological polar surface area (TPSA) is 90.9 Å². The van der Waals surface area contributed by atoms with Gasteiger partial charge in [-0.2, -0.15) is 0 Å². The Bertz CT molecular complexity index is 835. The lowest BCUT2D eigenvalue weighted by molar-refractivity contribution is -0.147. The van der Waals surface area contributed by atoms with E-state index in [-0.39, 0.29) is 18.8 Å². The Morgan fingerprint density at radius 3 is 2.20 bits per heavy atom. The van der Waals surface area contributed by atoms with Crippen LogP contribution in [0.4, 0.5) is 4.79 Å². The third-order valence-electron chi connectivity index (χ3n) is 4.65. The zero-order valence-corrected chi connectivity index (χ0v) is 17.4. The number of hydrogen-bond donors (Lipinski definition) is 1. The van der Waals surface area contributed by atoms with Crippen LogP contribution in [0.5, 0.6) is 5.75 Å². The summed E-state index contributed by atoms with van der Waals surface area (Å²) in [6, 6.07) is 15.7. The SMILES string of the molecule is COC(=O)[C@@H](CC(=O)[C@H](C)NC(=O)OCc1ccccc1)Cc1ccc(OC)cc1. The van der Waals surface area contributed by atoms with Crippen molar-refractivity contribution in [2.24, 2.45) is 5.92 Å². The molecule has 2 aromatic carbocycles. The molecule has 0 unspecified atom stereocenters. The van der Waals surface area contributed by atoms with Crippen LogP contribution in [0.2, 0.25) is 0 Å². The Morgan fingerprint density at radius 2 is 1.60 bits per heavy atom. The molecule has 0 aliphatic carbocycles. The summed E-state index contributed by atoms with van der Waals surface area (Å²) in [6.07, 6.45) is -0.406. The van der Waals surface area contributed by atoms with E-state index in [4.69, 9.17) is 14.2 Å². The number of Topliss-reactive ketones (excluding diaryl/α,β-unsaturated/α-hetero) is 1. The van der Waals surface area contributed by atoms with Crippen molar-refractivity contribution in [3.63, 3.8) is 0 Å². The van der Waals surface area contributed by atoms with Crippen molar-refractivity contribution >= 4 is 17.8 Å². The number of hydrogen-bond acceptors (Lipinski definition) is 6. The molecule has 0 saturated heterocycles. The van der Waals surface area contributed by atoms with Crippen LogP contribution in [0.1, 0.15) is 24.5 Å². The van der Waals surface area contributed by atoms with Gasteiger partial charge in [0.15, 0.2) is 5.78 Å². The number of rotatable bonds is 10. The smallest absolute Gasteiger partial charge is 0.408 e. The van der Waals surface area contributed by atoms with Gasteiger partial charge in [0.1, 0.15) is 12.4 Å². The molecule has 2 atom stereocenters. The molecular formula is C23H27NO6. The average Bonchev–Trinajstić information content (AvgIpc) is 2.77. The van der Waals surface area contributed by atoms with E-state index in [2.05, 4.69) is 5.32 Å². The highest BCUT2D eigenvalue weighted by Crippen LogP contribution is 2.18. The van der Waals surface area contributed by atoms with Gasteiger partial charge in [0.05, 0.1) is 26.2 Å². The van der Waals surface area contributed by atoms with E-state index >= 15 is 0 Å². The molecule has 0 saturated carbocycles. The highest BCUT2D eigenvalue weighted by Gasteiger charge is 2.26. The standard InChI is InChI=1S/C23H27NO6/c1-16(24-23(27)30-15-18-7-5-4-6-8-18)21(25)14-19(22(26)29-3)13-17-9-11-20(28-2)12-10-17/h4-12,16,19H,13-15H2,1-3H3,(H,24,27)/t16-,19+/m0/s1. The summed E-state index contributed by atoms with van der Waals surface area (Å²) in [5.74, 6) is -0.703. The molecule has 7 heteroatoms. The van der Waals surface area contributed by atoms with E-state index in [0.717, 1.165) is 11.1 Å². The van der Waals surface area contributed by atoms with Crippen molar-refractivity contribution < 1.29 is 28.6 Å². The molecule has 0 aliphatic heterocycles. The second kappa shape index (κ2) is 11.6. The minimum absolute atomic E-state index is 0.0567. The van der Waals surface area contributed by atoms with Gasteiger partial charge in [-0.15, -0.1) is 0 Å². The third-order valence-corrected chi connectivity index (χ3v) is 4.65. The number of alkyl carbamates (subject to hydrolysis) is 1. The van der Waals surface area contributed by atoms with Crippen LogP contribution in [0, 0.1) is 5.92 Å². The summed E-state index contributed by atoms with van der Waals surface area (Å²) in [6.45, 7) is 1.67. The molecule has 0 heterocycles. The molecule has 0 aliphatic rings. The summed E-state index contributed by atoms with van der Waals surface area (Å²) in [5.41, 5.74) is 1.72. The minimum atomic E-state index is -0.795. The first-order valence-electron chi connectivity index (χ1n) is 9.63. The maximum absolute atomic E-state index is 12.6. The first-order valence-corrected chi connectivity index (χ1v) is 9.63. The Morgan fingerprint density at radius 1 is 0.933 bits per heavy atom. The van der Waals surface area contributed by atoms with Gasteiger partial charge in [-0.1, -0.05) is 42.5 Å². The fourth-order valence-corrected chi connectivity index (χ4v) is 2.89. The van der Waals surface area contributed by atoms with Gasteiger partial charge in [-0.3, -0.25) is 9.59 Å². The lowest BCUT2D eigenvalue weighted by atomic mass is 9.92. The van der Waals surface area contributed by atoms with E-state index in [9.17, 15) is 14.4 Å². The van der Waals surface area contributed by atoms with Crippen LogP contribution in [-0.4, -0.2) is 38.1 Å². The van der Waals surface area contributed by atoms with Crippen molar-refractivity contribution in [3.8, 4) is 5.75 Å². The summed E-state index contributed by atoms with van der Waals surface area (Å²) in [4.78, 5) is 36.7. The van der Waals surface area contributed by atoms with Gasteiger partial charge in [0.2, 0.25) is 0 Å². The number of esters is 1. The van der Waals surface area contributed by atoms with Crippen LogP contribution in [0.25, 0.3) is 0 Å². The number of ether oxygens (including phenoxy) is 3. The minimum Gasteiger partial charge on any atom is -0.497 e. The molecule has 160 valence electrons. The number of carbonyl (C=O) groups excluding carboxylic acids is 3. The maximum atomic E-state index is 12.6. The molecule has 2 rings (SSSR count). The molecular weight excluding hydrogens is 386 g/mol. The van der Waals surface area contributed by atoms with Crippen molar-refractivity contribution in [1.29, 1.82) is 0 Å². The molecule has 1 amide bonds. The average molecular weight is 413 g/mol. The molecule has 0 radical (unpaired) electrons.